The predicted molar refractivity (Wildman–Crippen MR) is 130 cm³/mol. The van der Waals surface area contributed by atoms with Crippen LogP contribution in [0.1, 0.15) is 23.3 Å². The highest BCUT2D eigenvalue weighted by molar-refractivity contribution is 7.71. The van der Waals surface area contributed by atoms with E-state index in [1.807, 2.05) is 35.7 Å². The number of carbonyl (C=O) groups is 2. The highest BCUT2D eigenvalue weighted by Gasteiger charge is 2.22. The molecule has 0 spiro atoms. The second-order valence-electron chi connectivity index (χ2n) is 7.37. The maximum absolute atomic E-state index is 13.1. The molecule has 0 aliphatic carbocycles. The van der Waals surface area contributed by atoms with Gasteiger partial charge >= 0.3 is 0 Å². The molecule has 11 heteroatoms. The molecule has 0 saturated carbocycles. The molecule has 0 radical (unpaired) electrons. The third kappa shape index (κ3) is 4.02. The molecule has 4 heterocycles. The first-order chi connectivity index (χ1) is 16.5. The number of fused-ring (bicyclic) bond motifs is 1. The minimum atomic E-state index is -0.725. The average Bonchev–Trinajstić information content (AvgIpc) is 3.63. The van der Waals surface area contributed by atoms with Gasteiger partial charge in [-0.05, 0) is 54.9 Å². The van der Waals surface area contributed by atoms with Gasteiger partial charge in [0.1, 0.15) is 11.7 Å². The van der Waals surface area contributed by atoms with Crippen molar-refractivity contribution < 1.29 is 14.0 Å². The van der Waals surface area contributed by atoms with E-state index in [0.29, 0.717) is 38.5 Å². The largest absolute Gasteiger partial charge is 0.463 e. The summed E-state index contributed by atoms with van der Waals surface area (Å²) < 4.78 is 7.36. The van der Waals surface area contributed by atoms with Crippen LogP contribution in [0.3, 0.4) is 0 Å². The molecule has 3 N–H and O–H groups in total. The summed E-state index contributed by atoms with van der Waals surface area (Å²) in [4.78, 5) is 31.4. The summed E-state index contributed by atoms with van der Waals surface area (Å²) in [6.07, 6.45) is 1.54. The van der Waals surface area contributed by atoms with Crippen molar-refractivity contribution in [2.45, 2.75) is 13.0 Å². The summed E-state index contributed by atoms with van der Waals surface area (Å²) in [6, 6.07) is 15.5. The van der Waals surface area contributed by atoms with Gasteiger partial charge in [0.05, 0.1) is 22.2 Å². The number of nitrogens with zero attached hydrogens (tertiary/aromatic N) is 3. The van der Waals surface area contributed by atoms with Crippen LogP contribution in [0.5, 0.6) is 0 Å². The number of furan rings is 1. The van der Waals surface area contributed by atoms with Crippen molar-refractivity contribution in [1.29, 1.82) is 0 Å². The lowest BCUT2D eigenvalue weighted by atomic mass is 10.1. The van der Waals surface area contributed by atoms with Crippen molar-refractivity contribution in [2.75, 3.05) is 0 Å². The highest BCUT2D eigenvalue weighted by Crippen LogP contribution is 2.26. The van der Waals surface area contributed by atoms with E-state index in [1.165, 1.54) is 11.3 Å². The van der Waals surface area contributed by atoms with Crippen LogP contribution in [-0.2, 0) is 4.79 Å². The van der Waals surface area contributed by atoms with E-state index in [4.69, 9.17) is 16.6 Å². The van der Waals surface area contributed by atoms with Crippen LogP contribution in [0.15, 0.2) is 70.7 Å². The molecule has 5 aromatic rings. The van der Waals surface area contributed by atoms with Crippen LogP contribution in [-0.4, -0.2) is 31.6 Å². The molecular formula is C23H18N6O3S2. The van der Waals surface area contributed by atoms with Crippen LogP contribution < -0.4 is 10.9 Å². The van der Waals surface area contributed by atoms with Gasteiger partial charge in [-0.15, -0.1) is 11.3 Å². The van der Waals surface area contributed by atoms with Crippen LogP contribution in [0.4, 0.5) is 0 Å². The number of para-hydroxylation sites is 1. The predicted octanol–water partition coefficient (Wildman–Crippen LogP) is 4.50. The van der Waals surface area contributed by atoms with Crippen molar-refractivity contribution in [3.05, 3.63) is 76.6 Å². The zero-order chi connectivity index (χ0) is 23.7. The fraction of sp³-hybridized carbons (Fsp3) is 0.0870. The Labute approximate surface area is 202 Å². The number of hydrogen-bond donors (Lipinski definition) is 3. The minimum absolute atomic E-state index is 0.306. The second kappa shape index (κ2) is 9.04. The van der Waals surface area contributed by atoms with Gasteiger partial charge < -0.3 is 4.42 Å². The number of hydrazine groups is 1. The number of aromatic nitrogens is 4. The Morgan fingerprint density at radius 2 is 2.00 bits per heavy atom. The molecule has 1 aromatic carbocycles. The van der Waals surface area contributed by atoms with Gasteiger partial charge in [-0.1, -0.05) is 24.3 Å². The Bertz CT molecular complexity index is 1540. The van der Waals surface area contributed by atoms with Crippen LogP contribution >= 0.6 is 23.6 Å². The fourth-order valence-electron chi connectivity index (χ4n) is 3.56. The first-order valence-electron chi connectivity index (χ1n) is 10.3. The van der Waals surface area contributed by atoms with Crippen molar-refractivity contribution in [3.8, 4) is 22.2 Å². The number of thiophene rings is 1. The normalized spacial score (nSPS) is 11.9. The molecule has 34 heavy (non-hydrogen) atoms. The Morgan fingerprint density at radius 3 is 2.76 bits per heavy atom. The molecule has 0 aliphatic rings. The minimum Gasteiger partial charge on any atom is -0.463 e. The summed E-state index contributed by atoms with van der Waals surface area (Å²) in [7, 11) is 0. The summed E-state index contributed by atoms with van der Waals surface area (Å²) >= 11 is 6.81. The molecule has 0 bridgehead atoms. The summed E-state index contributed by atoms with van der Waals surface area (Å²) in [6.45, 7) is 1.68. The summed E-state index contributed by atoms with van der Waals surface area (Å²) in [5.41, 5.74) is 6.50. The van der Waals surface area contributed by atoms with Crippen LogP contribution in [0, 0.1) is 4.77 Å². The molecule has 1 atom stereocenters. The first-order valence-corrected chi connectivity index (χ1v) is 11.6. The molecular weight excluding hydrogens is 472 g/mol. The van der Waals surface area contributed by atoms with Gasteiger partial charge in [0, 0.05) is 5.39 Å². The number of hydrogen-bond acceptors (Lipinski definition) is 7. The van der Waals surface area contributed by atoms with E-state index in [1.54, 1.807) is 42.0 Å². The smallest absolute Gasteiger partial charge is 0.270 e. The van der Waals surface area contributed by atoms with Crippen LogP contribution in [0.25, 0.3) is 33.1 Å². The van der Waals surface area contributed by atoms with Gasteiger partial charge in [0.2, 0.25) is 0 Å². The lowest BCUT2D eigenvalue weighted by Crippen LogP contribution is -2.44. The van der Waals surface area contributed by atoms with Gasteiger partial charge in [0.25, 0.3) is 11.8 Å². The van der Waals surface area contributed by atoms with E-state index in [9.17, 15) is 9.59 Å². The Balaban J connectivity index is 1.39. The van der Waals surface area contributed by atoms with Crippen LogP contribution in [0.2, 0.25) is 0 Å². The Hall–Kier alpha value is -4.09. The number of rotatable bonds is 5. The topological polar surface area (TPSA) is 118 Å². The van der Waals surface area contributed by atoms with E-state index in [2.05, 4.69) is 26.0 Å². The van der Waals surface area contributed by atoms with Crippen molar-refractivity contribution in [2.24, 2.45) is 0 Å². The van der Waals surface area contributed by atoms with Gasteiger partial charge in [-0.2, -0.15) is 5.10 Å². The quantitative estimate of drug-likeness (QED) is 0.247. The molecule has 0 saturated heterocycles. The molecule has 9 nitrogen and oxygen atoms in total. The molecule has 2 amide bonds. The number of carbonyl (C=O) groups excluding carboxylic acids is 2. The summed E-state index contributed by atoms with van der Waals surface area (Å²) in [5.74, 6) is 0.152. The third-order valence-electron chi connectivity index (χ3n) is 5.25. The maximum Gasteiger partial charge on any atom is 0.270 e. The van der Waals surface area contributed by atoms with Gasteiger partial charge in [0.15, 0.2) is 16.4 Å². The fourth-order valence-corrected chi connectivity index (χ4v) is 4.57. The zero-order valence-corrected chi connectivity index (χ0v) is 19.4. The lowest BCUT2D eigenvalue weighted by molar-refractivity contribution is -0.124. The summed E-state index contributed by atoms with van der Waals surface area (Å²) in [5, 5.41) is 9.54. The molecule has 4 aromatic heterocycles. The van der Waals surface area contributed by atoms with E-state index in [0.717, 1.165) is 4.88 Å². The molecule has 1 unspecified atom stereocenters. The SMILES string of the molecule is CC(C(=O)NNC(=O)c1cc(-c2ccco2)nc2ccccc12)n1c(-c2cccs2)n[nH]c1=S. The number of nitrogens with one attached hydrogen (secondary N) is 3. The van der Waals surface area contributed by atoms with E-state index >= 15 is 0 Å². The number of benzene rings is 1. The molecule has 5 rings (SSSR count). The lowest BCUT2D eigenvalue weighted by Gasteiger charge is -2.16. The average molecular weight is 491 g/mol. The van der Waals surface area contributed by atoms with Crippen molar-refractivity contribution in [3.63, 3.8) is 0 Å². The Morgan fingerprint density at radius 1 is 1.15 bits per heavy atom. The maximum atomic E-state index is 13.1. The zero-order valence-electron chi connectivity index (χ0n) is 17.8. The van der Waals surface area contributed by atoms with Gasteiger partial charge in [-0.25, -0.2) is 4.98 Å². The number of amides is 2. The Kier molecular flexibility index (Phi) is 5.78. The third-order valence-corrected chi connectivity index (χ3v) is 6.40. The molecule has 170 valence electrons. The first kappa shape index (κ1) is 21.7. The standard InChI is InChI=1S/C23H18N6O3S2/c1-13(29-20(25-28-23(29)33)19-9-5-11-34-19)21(30)26-27-22(31)15-12-17(18-8-4-10-32-18)24-16-7-3-2-6-14(15)16/h2-13H,1H3,(H,26,30)(H,27,31)(H,28,33). The highest BCUT2D eigenvalue weighted by atomic mass is 32.1. The van der Waals surface area contributed by atoms with Crippen molar-refractivity contribution >= 4 is 46.3 Å². The second-order valence-corrected chi connectivity index (χ2v) is 8.70. The van der Waals surface area contributed by atoms with Crippen molar-refractivity contribution in [1.82, 2.24) is 30.6 Å². The van der Waals surface area contributed by atoms with Gasteiger partial charge in [-0.3, -0.25) is 30.1 Å². The number of pyridine rings is 1. The number of H-pyrrole nitrogens is 1. The van der Waals surface area contributed by atoms with E-state index in [-0.39, 0.29) is 0 Å². The van der Waals surface area contributed by atoms with E-state index < -0.39 is 17.9 Å². The molecule has 0 aliphatic heterocycles. The molecule has 0 fully saturated rings. The monoisotopic (exact) mass is 490 g/mol. The number of aromatic amines is 1.